The van der Waals surface area contributed by atoms with Crippen LogP contribution in [0.5, 0.6) is 0 Å². The Hall–Kier alpha value is -2.75. The van der Waals surface area contributed by atoms with Gasteiger partial charge >= 0.3 is 0 Å². The predicted octanol–water partition coefficient (Wildman–Crippen LogP) is 2.45. The minimum Gasteiger partial charge on any atom is -0.379 e. The number of carbonyl (C=O) groups excluding carboxylic acids is 2. The van der Waals surface area contributed by atoms with Crippen LogP contribution in [-0.2, 0) is 37.3 Å². The SMILES string of the molecule is CC(C)OCCCNC(=O)[C@H](Cc1ccccc1)N(Cc1ccccc1)C(=O)CN(C)S(C)(=O)=O. The zero-order valence-electron chi connectivity index (χ0n) is 21.0. The van der Waals surface area contributed by atoms with E-state index in [1.54, 1.807) is 0 Å². The molecule has 0 bridgehead atoms. The average Bonchev–Trinajstić information content (AvgIpc) is 2.81. The van der Waals surface area contributed by atoms with Gasteiger partial charge in [0.2, 0.25) is 21.8 Å². The van der Waals surface area contributed by atoms with Crippen LogP contribution in [0, 0.1) is 0 Å². The molecule has 0 aliphatic rings. The van der Waals surface area contributed by atoms with Crippen molar-refractivity contribution in [2.75, 3.05) is 33.0 Å². The molecule has 0 aliphatic carbocycles. The molecule has 0 radical (unpaired) electrons. The summed E-state index contributed by atoms with van der Waals surface area (Å²) < 4.78 is 30.5. The van der Waals surface area contributed by atoms with Gasteiger partial charge in [-0.15, -0.1) is 0 Å². The van der Waals surface area contributed by atoms with E-state index in [1.807, 2.05) is 74.5 Å². The fourth-order valence-electron chi connectivity index (χ4n) is 3.45. The molecule has 0 aliphatic heterocycles. The highest BCUT2D eigenvalue weighted by molar-refractivity contribution is 7.88. The van der Waals surface area contributed by atoms with E-state index in [2.05, 4.69) is 5.32 Å². The third-order valence-electron chi connectivity index (χ3n) is 5.46. The predicted molar refractivity (Wildman–Crippen MR) is 137 cm³/mol. The van der Waals surface area contributed by atoms with Crippen LogP contribution < -0.4 is 5.32 Å². The fraction of sp³-hybridized carbons (Fsp3) is 0.462. The van der Waals surface area contributed by atoms with Gasteiger partial charge in [-0.1, -0.05) is 60.7 Å². The van der Waals surface area contributed by atoms with Crippen LogP contribution in [0.4, 0.5) is 0 Å². The third-order valence-corrected chi connectivity index (χ3v) is 6.72. The molecule has 0 aromatic heterocycles. The minimum absolute atomic E-state index is 0.113. The normalized spacial score (nSPS) is 12.5. The highest BCUT2D eigenvalue weighted by Gasteiger charge is 2.31. The zero-order valence-corrected chi connectivity index (χ0v) is 21.8. The molecule has 0 saturated carbocycles. The maximum Gasteiger partial charge on any atom is 0.243 e. The lowest BCUT2D eigenvalue weighted by molar-refractivity contribution is -0.141. The van der Waals surface area contributed by atoms with Gasteiger partial charge in [0.25, 0.3) is 0 Å². The maximum atomic E-state index is 13.4. The summed E-state index contributed by atoms with van der Waals surface area (Å²) in [4.78, 5) is 28.3. The first-order valence-corrected chi connectivity index (χ1v) is 13.6. The molecule has 35 heavy (non-hydrogen) atoms. The van der Waals surface area contributed by atoms with E-state index in [9.17, 15) is 18.0 Å². The average molecular weight is 504 g/mol. The molecule has 1 atom stereocenters. The highest BCUT2D eigenvalue weighted by Crippen LogP contribution is 2.15. The third kappa shape index (κ3) is 10.2. The number of rotatable bonds is 14. The lowest BCUT2D eigenvalue weighted by Crippen LogP contribution is -2.53. The van der Waals surface area contributed by atoms with Crippen LogP contribution in [0.2, 0.25) is 0 Å². The Morgan fingerprint density at radius 3 is 2.09 bits per heavy atom. The number of benzene rings is 2. The number of hydrogen-bond acceptors (Lipinski definition) is 5. The second kappa shape index (κ2) is 14.0. The van der Waals surface area contributed by atoms with Crippen molar-refractivity contribution in [3.05, 3.63) is 71.8 Å². The highest BCUT2D eigenvalue weighted by atomic mass is 32.2. The second-order valence-corrected chi connectivity index (χ2v) is 10.9. The largest absolute Gasteiger partial charge is 0.379 e. The fourth-order valence-corrected chi connectivity index (χ4v) is 3.80. The van der Waals surface area contributed by atoms with E-state index < -0.39 is 22.0 Å². The lowest BCUT2D eigenvalue weighted by atomic mass is 10.0. The van der Waals surface area contributed by atoms with E-state index in [0.717, 1.165) is 21.7 Å². The first kappa shape index (κ1) is 28.5. The van der Waals surface area contributed by atoms with Gasteiger partial charge in [0.05, 0.1) is 18.9 Å². The van der Waals surface area contributed by atoms with Crippen molar-refractivity contribution in [2.45, 2.75) is 45.4 Å². The van der Waals surface area contributed by atoms with Crippen LogP contribution in [0.15, 0.2) is 60.7 Å². The Labute approximate surface area is 209 Å². The summed E-state index contributed by atoms with van der Waals surface area (Å²) in [7, 11) is -2.21. The quantitative estimate of drug-likeness (QED) is 0.400. The van der Waals surface area contributed by atoms with Gasteiger partial charge < -0.3 is 15.0 Å². The first-order valence-electron chi connectivity index (χ1n) is 11.8. The van der Waals surface area contributed by atoms with E-state index >= 15 is 0 Å². The molecule has 2 aromatic rings. The van der Waals surface area contributed by atoms with Crippen LogP contribution in [0.3, 0.4) is 0 Å². The topological polar surface area (TPSA) is 96.0 Å². The number of carbonyl (C=O) groups is 2. The van der Waals surface area contributed by atoms with Crippen molar-refractivity contribution in [2.24, 2.45) is 0 Å². The van der Waals surface area contributed by atoms with Gasteiger partial charge in [-0.05, 0) is 31.4 Å². The van der Waals surface area contributed by atoms with Crippen LogP contribution in [0.25, 0.3) is 0 Å². The number of amides is 2. The summed E-state index contributed by atoms with van der Waals surface area (Å²) in [6.45, 7) is 4.66. The van der Waals surface area contributed by atoms with Gasteiger partial charge in [0, 0.05) is 33.2 Å². The molecule has 0 unspecified atom stereocenters. The van der Waals surface area contributed by atoms with Crippen molar-refractivity contribution in [1.82, 2.24) is 14.5 Å². The standard InChI is InChI=1S/C26H37N3O5S/c1-21(2)34-17-11-16-27-26(31)24(18-22-12-7-5-8-13-22)29(19-23-14-9-6-10-15-23)25(30)20-28(3)35(4,32)33/h5-10,12-15,21,24H,11,16-20H2,1-4H3,(H,27,31)/t24-/m0/s1. The molecular formula is C26H37N3O5S. The molecule has 1 N–H and O–H groups in total. The summed E-state index contributed by atoms with van der Waals surface area (Å²) in [5.74, 6) is -0.731. The summed E-state index contributed by atoms with van der Waals surface area (Å²) in [5, 5.41) is 2.94. The van der Waals surface area contributed by atoms with Crippen LogP contribution >= 0.6 is 0 Å². The Morgan fingerprint density at radius 1 is 0.971 bits per heavy atom. The minimum atomic E-state index is -3.57. The van der Waals surface area contributed by atoms with Crippen molar-refractivity contribution in [3.63, 3.8) is 0 Å². The summed E-state index contributed by atoms with van der Waals surface area (Å²) in [6, 6.07) is 18.0. The molecule has 0 spiro atoms. The molecule has 2 aromatic carbocycles. The Kier molecular flexibility index (Phi) is 11.4. The number of likely N-dealkylation sites (N-methyl/N-ethyl adjacent to an activating group) is 1. The molecule has 2 amide bonds. The number of hydrogen-bond donors (Lipinski definition) is 1. The van der Waals surface area contributed by atoms with Crippen LogP contribution in [-0.4, -0.2) is 74.6 Å². The molecular weight excluding hydrogens is 466 g/mol. The van der Waals surface area contributed by atoms with Crippen molar-refractivity contribution < 1.29 is 22.7 Å². The summed E-state index contributed by atoms with van der Waals surface area (Å²) in [5.41, 5.74) is 1.75. The Morgan fingerprint density at radius 2 is 1.54 bits per heavy atom. The van der Waals surface area contributed by atoms with Crippen molar-refractivity contribution in [1.29, 1.82) is 0 Å². The van der Waals surface area contributed by atoms with Gasteiger partial charge in [0.15, 0.2) is 0 Å². The van der Waals surface area contributed by atoms with E-state index in [0.29, 0.717) is 26.0 Å². The smallest absolute Gasteiger partial charge is 0.243 e. The first-order chi connectivity index (χ1) is 16.6. The van der Waals surface area contributed by atoms with Crippen molar-refractivity contribution in [3.8, 4) is 0 Å². The molecule has 192 valence electrons. The maximum absolute atomic E-state index is 13.4. The van der Waals surface area contributed by atoms with Crippen molar-refractivity contribution >= 4 is 21.8 Å². The van der Waals surface area contributed by atoms with Gasteiger partial charge in [0.1, 0.15) is 6.04 Å². The number of nitrogens with zero attached hydrogens (tertiary/aromatic N) is 2. The molecule has 0 saturated heterocycles. The van der Waals surface area contributed by atoms with Gasteiger partial charge in [-0.2, -0.15) is 4.31 Å². The van der Waals surface area contributed by atoms with Gasteiger partial charge in [-0.3, -0.25) is 9.59 Å². The monoisotopic (exact) mass is 503 g/mol. The molecule has 2 rings (SSSR count). The number of nitrogens with one attached hydrogen (secondary N) is 1. The van der Waals surface area contributed by atoms with E-state index in [4.69, 9.17) is 4.74 Å². The molecule has 0 fully saturated rings. The summed E-state index contributed by atoms with van der Waals surface area (Å²) >= 11 is 0. The summed E-state index contributed by atoms with van der Waals surface area (Å²) in [6.07, 6.45) is 2.11. The molecule has 8 nitrogen and oxygen atoms in total. The Balaban J connectivity index is 2.30. The van der Waals surface area contributed by atoms with Gasteiger partial charge in [-0.25, -0.2) is 8.42 Å². The van der Waals surface area contributed by atoms with Crippen LogP contribution in [0.1, 0.15) is 31.4 Å². The molecule has 9 heteroatoms. The van der Waals surface area contributed by atoms with E-state index in [1.165, 1.54) is 11.9 Å². The molecule has 0 heterocycles. The zero-order chi connectivity index (χ0) is 25.8. The number of ether oxygens (including phenoxy) is 1. The second-order valence-electron chi connectivity index (χ2n) is 8.80. The lowest BCUT2D eigenvalue weighted by Gasteiger charge is -2.32. The Bertz CT molecular complexity index is 1030. The number of sulfonamides is 1. The van der Waals surface area contributed by atoms with E-state index in [-0.39, 0.29) is 25.1 Å².